The summed E-state index contributed by atoms with van der Waals surface area (Å²) in [5.74, 6) is -0.324. The van der Waals surface area contributed by atoms with Crippen molar-refractivity contribution in [1.82, 2.24) is 15.2 Å². The van der Waals surface area contributed by atoms with Gasteiger partial charge in [-0.2, -0.15) is 5.10 Å². The fourth-order valence-electron chi connectivity index (χ4n) is 3.77. The second-order valence-corrected chi connectivity index (χ2v) is 9.33. The molecule has 0 saturated carbocycles. The monoisotopic (exact) mass is 512 g/mol. The molecule has 4 rings (SSSR count). The van der Waals surface area contributed by atoms with Gasteiger partial charge in [-0.3, -0.25) is 14.7 Å². The van der Waals surface area contributed by atoms with E-state index >= 15 is 0 Å². The molecule has 1 saturated heterocycles. The maximum absolute atomic E-state index is 12.4. The van der Waals surface area contributed by atoms with Gasteiger partial charge in [0, 0.05) is 30.3 Å². The number of nitrogens with one attached hydrogen (secondary N) is 2. The number of hydrogen-bond acceptors (Lipinski definition) is 9. The van der Waals surface area contributed by atoms with Gasteiger partial charge in [0.25, 0.3) is 5.91 Å². The van der Waals surface area contributed by atoms with E-state index in [-0.39, 0.29) is 18.8 Å². The van der Waals surface area contributed by atoms with E-state index in [0.717, 1.165) is 16.7 Å². The first-order valence-corrected chi connectivity index (χ1v) is 12.5. The molecule has 1 aliphatic rings. The van der Waals surface area contributed by atoms with Gasteiger partial charge in [-0.1, -0.05) is 48.2 Å². The number of nitrogens with zero attached hydrogens (tertiary/aromatic N) is 2. The van der Waals surface area contributed by atoms with Crippen LogP contribution in [0.1, 0.15) is 49.4 Å². The number of H-pyrrole nitrogens is 1. The van der Waals surface area contributed by atoms with Crippen molar-refractivity contribution in [3.8, 4) is 0 Å². The molecule has 36 heavy (non-hydrogen) atoms. The second-order valence-electron chi connectivity index (χ2n) is 8.32. The van der Waals surface area contributed by atoms with Gasteiger partial charge in [-0.25, -0.2) is 4.98 Å². The van der Waals surface area contributed by atoms with Crippen LogP contribution in [-0.2, 0) is 30.4 Å². The average molecular weight is 513 g/mol. The highest BCUT2D eigenvalue weighted by Crippen LogP contribution is 2.39. The predicted octanol–water partition coefficient (Wildman–Crippen LogP) is 3.52. The summed E-state index contributed by atoms with van der Waals surface area (Å²) in [6.07, 6.45) is 0.111. The smallest absolute Gasteiger partial charge is 0.303 e. The molecule has 1 fully saturated rings. The van der Waals surface area contributed by atoms with Crippen molar-refractivity contribution in [2.75, 3.05) is 11.1 Å². The zero-order valence-electron chi connectivity index (χ0n) is 19.9. The maximum atomic E-state index is 12.4. The zero-order chi connectivity index (χ0) is 25.5. The number of aromatic amines is 1. The van der Waals surface area contributed by atoms with Crippen molar-refractivity contribution in [2.45, 2.75) is 56.6 Å². The van der Waals surface area contributed by atoms with Crippen LogP contribution in [-0.4, -0.2) is 50.1 Å². The lowest BCUT2D eigenvalue weighted by Gasteiger charge is -2.36. The third-order valence-electron chi connectivity index (χ3n) is 5.55. The highest BCUT2D eigenvalue weighted by Gasteiger charge is 2.32. The minimum atomic E-state index is -0.919. The average Bonchev–Trinajstić information content (AvgIpc) is 3.41. The highest BCUT2D eigenvalue weighted by atomic mass is 32.2. The molecule has 2 heterocycles. The number of aromatic nitrogens is 3. The molecule has 0 bridgehead atoms. The molecule has 0 spiro atoms. The van der Waals surface area contributed by atoms with Crippen LogP contribution in [0.25, 0.3) is 0 Å². The fourth-order valence-corrected chi connectivity index (χ4v) is 4.57. The number of carbonyl (C=O) groups excluding carboxylic acids is 2. The Bertz CT molecular complexity index is 1160. The molecule has 3 aromatic rings. The third kappa shape index (κ3) is 6.91. The molecular weight excluding hydrogens is 484 g/mol. The Hall–Kier alpha value is -3.25. The van der Waals surface area contributed by atoms with E-state index in [9.17, 15) is 14.7 Å². The summed E-state index contributed by atoms with van der Waals surface area (Å²) in [6, 6.07) is 14.8. The Labute approximate surface area is 212 Å². The summed E-state index contributed by atoms with van der Waals surface area (Å²) in [4.78, 5) is 27.7. The molecule has 3 N–H and O–H groups in total. The standard InChI is InChI=1S/C25H28N4O6S/c1-15(33-16(2)31)23(32)28-20-5-3-4-19(10-20)24-34-21(13-36-25-26-14-27-29-25)11-22(35-24)18-8-6-17(12-30)7-9-18/h3-10,14-15,21-22,24,30H,11-13H2,1-2H3,(H,28,32)(H,26,27,29). The summed E-state index contributed by atoms with van der Waals surface area (Å²) in [5, 5.41) is 19.6. The highest BCUT2D eigenvalue weighted by molar-refractivity contribution is 7.99. The Morgan fingerprint density at radius 3 is 2.72 bits per heavy atom. The summed E-state index contributed by atoms with van der Waals surface area (Å²) < 4.78 is 17.6. The number of anilines is 1. The summed E-state index contributed by atoms with van der Waals surface area (Å²) in [6.45, 7) is 2.74. The first kappa shape index (κ1) is 25.8. The first-order valence-electron chi connectivity index (χ1n) is 11.5. The maximum Gasteiger partial charge on any atom is 0.303 e. The van der Waals surface area contributed by atoms with Gasteiger partial charge in [0.2, 0.25) is 0 Å². The second kappa shape index (κ2) is 12.1. The summed E-state index contributed by atoms with van der Waals surface area (Å²) in [5.41, 5.74) is 3.08. The van der Waals surface area contributed by atoms with E-state index < -0.39 is 24.3 Å². The number of esters is 1. The number of aliphatic hydroxyl groups excluding tert-OH is 1. The van der Waals surface area contributed by atoms with Gasteiger partial charge in [0.05, 0.1) is 18.8 Å². The molecule has 4 atom stereocenters. The first-order chi connectivity index (χ1) is 17.4. The minimum absolute atomic E-state index is 0.0252. The number of carbonyl (C=O) groups is 2. The molecule has 1 amide bonds. The van der Waals surface area contributed by atoms with Crippen molar-refractivity contribution in [3.05, 3.63) is 71.5 Å². The molecule has 4 unspecified atom stereocenters. The summed E-state index contributed by atoms with van der Waals surface area (Å²) in [7, 11) is 0. The molecule has 10 nitrogen and oxygen atoms in total. The lowest BCUT2D eigenvalue weighted by molar-refractivity contribution is -0.245. The van der Waals surface area contributed by atoms with Crippen molar-refractivity contribution >= 4 is 29.3 Å². The van der Waals surface area contributed by atoms with E-state index in [1.165, 1.54) is 31.9 Å². The lowest BCUT2D eigenvalue weighted by atomic mass is 10.0. The molecule has 1 aliphatic heterocycles. The van der Waals surface area contributed by atoms with Gasteiger partial charge in [0.15, 0.2) is 17.6 Å². The SMILES string of the molecule is CC(=O)OC(C)C(=O)Nc1cccc(C2OC(CSc3ncn[nH]3)CC(c3ccc(CO)cc3)O2)c1. The van der Waals surface area contributed by atoms with Crippen LogP contribution in [0.15, 0.2) is 60.0 Å². The molecular formula is C25H28N4O6S. The third-order valence-corrected chi connectivity index (χ3v) is 6.56. The van der Waals surface area contributed by atoms with E-state index in [4.69, 9.17) is 14.2 Å². The van der Waals surface area contributed by atoms with Crippen LogP contribution in [0.4, 0.5) is 5.69 Å². The predicted molar refractivity (Wildman–Crippen MR) is 132 cm³/mol. The largest absolute Gasteiger partial charge is 0.453 e. The number of amides is 1. The van der Waals surface area contributed by atoms with Gasteiger partial charge < -0.3 is 24.6 Å². The molecule has 1 aromatic heterocycles. The zero-order valence-corrected chi connectivity index (χ0v) is 20.7. The van der Waals surface area contributed by atoms with Gasteiger partial charge in [-0.15, -0.1) is 0 Å². The van der Waals surface area contributed by atoms with Gasteiger partial charge in [-0.05, 0) is 30.2 Å². The van der Waals surface area contributed by atoms with Crippen LogP contribution in [0.3, 0.4) is 0 Å². The summed E-state index contributed by atoms with van der Waals surface area (Å²) >= 11 is 1.51. The Kier molecular flexibility index (Phi) is 8.70. The van der Waals surface area contributed by atoms with Gasteiger partial charge in [0.1, 0.15) is 6.33 Å². The number of benzene rings is 2. The van der Waals surface area contributed by atoms with Crippen molar-refractivity contribution in [1.29, 1.82) is 0 Å². The fraction of sp³-hybridized carbons (Fsp3) is 0.360. The molecule has 190 valence electrons. The van der Waals surface area contributed by atoms with E-state index in [0.29, 0.717) is 23.0 Å². The quantitative estimate of drug-likeness (QED) is 0.291. The number of rotatable bonds is 9. The van der Waals surface area contributed by atoms with E-state index in [1.54, 1.807) is 18.2 Å². The number of hydrogen-bond donors (Lipinski definition) is 3. The van der Waals surface area contributed by atoms with Crippen molar-refractivity contribution in [3.63, 3.8) is 0 Å². The van der Waals surface area contributed by atoms with Crippen molar-refractivity contribution in [2.24, 2.45) is 0 Å². The van der Waals surface area contributed by atoms with Crippen LogP contribution in [0.2, 0.25) is 0 Å². The number of thioether (sulfide) groups is 1. The number of ether oxygens (including phenoxy) is 3. The molecule has 0 radical (unpaired) electrons. The number of aliphatic hydroxyl groups is 1. The Balaban J connectivity index is 1.51. The Morgan fingerprint density at radius 1 is 1.22 bits per heavy atom. The lowest BCUT2D eigenvalue weighted by Crippen LogP contribution is -2.31. The topological polar surface area (TPSA) is 136 Å². The van der Waals surface area contributed by atoms with E-state index in [1.807, 2.05) is 30.3 Å². The van der Waals surface area contributed by atoms with E-state index in [2.05, 4.69) is 20.5 Å². The van der Waals surface area contributed by atoms with Gasteiger partial charge >= 0.3 is 5.97 Å². The van der Waals surface area contributed by atoms with Crippen LogP contribution < -0.4 is 5.32 Å². The Morgan fingerprint density at radius 2 is 2.03 bits per heavy atom. The molecule has 2 aromatic carbocycles. The minimum Gasteiger partial charge on any atom is -0.453 e. The van der Waals surface area contributed by atoms with Crippen molar-refractivity contribution < 1.29 is 28.9 Å². The van der Waals surface area contributed by atoms with Crippen LogP contribution in [0, 0.1) is 0 Å². The molecule has 11 heteroatoms. The molecule has 0 aliphatic carbocycles. The van der Waals surface area contributed by atoms with Crippen LogP contribution in [0.5, 0.6) is 0 Å². The van der Waals surface area contributed by atoms with Crippen LogP contribution >= 0.6 is 11.8 Å². The normalized spacial score (nSPS) is 20.5.